The standard InChI is InChI=1S/C11H16ClN2O2P/c1-10-2-4-11(5-3-10)13-17(12,15)14-6-8-16-9-7-14/h2-5H,6-9H2,1H3,(H,13,15). The minimum absolute atomic E-state index is 0.576. The highest BCUT2D eigenvalue weighted by molar-refractivity contribution is 7.88. The van der Waals surface area contributed by atoms with Crippen molar-refractivity contribution in [1.82, 2.24) is 4.67 Å². The summed E-state index contributed by atoms with van der Waals surface area (Å²) in [5.41, 5.74) is 1.94. The molecule has 0 saturated carbocycles. The molecule has 1 aliphatic rings. The minimum atomic E-state index is -3.03. The van der Waals surface area contributed by atoms with Crippen LogP contribution in [0, 0.1) is 6.92 Å². The number of hydrogen-bond donors (Lipinski definition) is 1. The van der Waals surface area contributed by atoms with Crippen molar-refractivity contribution >= 4 is 23.7 Å². The lowest BCUT2D eigenvalue weighted by Crippen LogP contribution is -2.34. The molecule has 0 radical (unpaired) electrons. The van der Waals surface area contributed by atoms with Gasteiger partial charge in [0.05, 0.1) is 13.2 Å². The molecule has 0 aliphatic carbocycles. The van der Waals surface area contributed by atoms with E-state index in [1.165, 1.54) is 0 Å². The second kappa shape index (κ2) is 5.40. The summed E-state index contributed by atoms with van der Waals surface area (Å²) < 4.78 is 19.3. The van der Waals surface area contributed by atoms with Crippen molar-refractivity contribution in [3.05, 3.63) is 29.8 Å². The lowest BCUT2D eigenvalue weighted by atomic mass is 10.2. The first-order valence-corrected chi connectivity index (χ1v) is 8.12. The highest BCUT2D eigenvalue weighted by Crippen LogP contribution is 2.54. The maximum absolute atomic E-state index is 12.3. The van der Waals surface area contributed by atoms with E-state index >= 15 is 0 Å². The van der Waals surface area contributed by atoms with Gasteiger partial charge in [0.25, 0.3) is 0 Å². The summed E-state index contributed by atoms with van der Waals surface area (Å²) in [6.07, 6.45) is 0. The van der Waals surface area contributed by atoms with Gasteiger partial charge in [-0.05, 0) is 30.3 Å². The van der Waals surface area contributed by atoms with Gasteiger partial charge >= 0.3 is 6.80 Å². The fourth-order valence-corrected chi connectivity index (χ4v) is 3.70. The Morgan fingerprint density at radius 2 is 1.88 bits per heavy atom. The number of nitrogens with zero attached hydrogens (tertiary/aromatic N) is 1. The normalized spacial score (nSPS) is 20.8. The number of halogens is 1. The van der Waals surface area contributed by atoms with Crippen LogP contribution in [0.25, 0.3) is 0 Å². The molecule has 17 heavy (non-hydrogen) atoms. The van der Waals surface area contributed by atoms with E-state index in [0.29, 0.717) is 26.3 Å². The largest absolute Gasteiger partial charge is 0.379 e. The second-order valence-corrected chi connectivity index (χ2v) is 7.21. The first-order valence-electron chi connectivity index (χ1n) is 5.56. The first kappa shape index (κ1) is 12.9. The molecule has 0 spiro atoms. The SMILES string of the molecule is Cc1ccc(NP(=O)(Cl)N2CCOCC2)cc1. The molecule has 1 aromatic rings. The van der Waals surface area contributed by atoms with E-state index in [0.717, 1.165) is 11.3 Å². The molecule has 1 N–H and O–H groups in total. The molecule has 6 heteroatoms. The molecular weight excluding hydrogens is 259 g/mol. The molecule has 94 valence electrons. The van der Waals surface area contributed by atoms with Crippen LogP contribution in [0.2, 0.25) is 0 Å². The number of morpholine rings is 1. The van der Waals surface area contributed by atoms with Gasteiger partial charge in [0.1, 0.15) is 0 Å². The van der Waals surface area contributed by atoms with Gasteiger partial charge in [0, 0.05) is 18.8 Å². The summed E-state index contributed by atoms with van der Waals surface area (Å²) in [6.45, 7) is 1.32. The molecule has 0 bridgehead atoms. The smallest absolute Gasteiger partial charge is 0.326 e. The average molecular weight is 275 g/mol. The molecule has 4 nitrogen and oxygen atoms in total. The fraction of sp³-hybridized carbons (Fsp3) is 0.455. The van der Waals surface area contributed by atoms with Gasteiger partial charge in [-0.25, -0.2) is 4.67 Å². The maximum atomic E-state index is 12.3. The molecule has 1 saturated heterocycles. The summed E-state index contributed by atoms with van der Waals surface area (Å²) in [5, 5.41) is 2.91. The van der Waals surface area contributed by atoms with Crippen molar-refractivity contribution in [2.24, 2.45) is 0 Å². The molecule has 1 atom stereocenters. The minimum Gasteiger partial charge on any atom is -0.379 e. The quantitative estimate of drug-likeness (QED) is 0.860. The van der Waals surface area contributed by atoms with Gasteiger partial charge in [-0.3, -0.25) is 4.57 Å². The van der Waals surface area contributed by atoms with Crippen LogP contribution >= 0.6 is 18.0 Å². The van der Waals surface area contributed by atoms with Gasteiger partial charge < -0.3 is 9.82 Å². The van der Waals surface area contributed by atoms with Crippen LogP contribution in [0.4, 0.5) is 5.69 Å². The summed E-state index contributed by atoms with van der Waals surface area (Å²) in [6, 6.07) is 7.67. The van der Waals surface area contributed by atoms with Crippen molar-refractivity contribution in [3.8, 4) is 0 Å². The number of hydrogen-bond acceptors (Lipinski definition) is 2. The summed E-state index contributed by atoms with van der Waals surface area (Å²) in [5.74, 6) is 0. The summed E-state index contributed by atoms with van der Waals surface area (Å²) >= 11 is 6.10. The van der Waals surface area contributed by atoms with Crippen molar-refractivity contribution < 1.29 is 9.30 Å². The monoisotopic (exact) mass is 274 g/mol. The Bertz CT molecular complexity index is 418. The molecule has 1 aromatic carbocycles. The van der Waals surface area contributed by atoms with E-state index in [9.17, 15) is 4.57 Å². The van der Waals surface area contributed by atoms with Gasteiger partial charge in [-0.15, -0.1) is 0 Å². The Hall–Kier alpha value is -0.540. The van der Waals surface area contributed by atoms with Crippen molar-refractivity contribution in [1.29, 1.82) is 0 Å². The number of nitrogens with one attached hydrogen (secondary N) is 1. The van der Waals surface area contributed by atoms with E-state index in [4.69, 9.17) is 16.0 Å². The zero-order valence-electron chi connectivity index (χ0n) is 9.73. The predicted molar refractivity (Wildman–Crippen MR) is 70.7 cm³/mol. The number of rotatable bonds is 3. The van der Waals surface area contributed by atoms with E-state index in [-0.39, 0.29) is 0 Å². The van der Waals surface area contributed by atoms with E-state index in [1.54, 1.807) is 4.67 Å². The highest BCUT2D eigenvalue weighted by atomic mass is 35.7. The molecule has 2 rings (SSSR count). The molecule has 0 aromatic heterocycles. The predicted octanol–water partition coefficient (Wildman–Crippen LogP) is 3.09. The molecule has 1 fully saturated rings. The van der Waals surface area contributed by atoms with E-state index in [2.05, 4.69) is 5.09 Å². The van der Waals surface area contributed by atoms with Crippen LogP contribution in [0.1, 0.15) is 5.56 Å². The van der Waals surface area contributed by atoms with Crippen molar-refractivity contribution in [3.63, 3.8) is 0 Å². The Morgan fingerprint density at radius 3 is 2.47 bits per heavy atom. The zero-order valence-corrected chi connectivity index (χ0v) is 11.4. The van der Waals surface area contributed by atoms with Crippen LogP contribution in [0.5, 0.6) is 0 Å². The lowest BCUT2D eigenvalue weighted by molar-refractivity contribution is 0.0733. The fourth-order valence-electron chi connectivity index (χ4n) is 1.67. The third-order valence-electron chi connectivity index (χ3n) is 2.67. The number of aryl methyl sites for hydroxylation is 1. The number of anilines is 1. The molecular formula is C11H16ClN2O2P. The van der Waals surface area contributed by atoms with Crippen LogP contribution in [0.3, 0.4) is 0 Å². The summed E-state index contributed by atoms with van der Waals surface area (Å²) in [7, 11) is 0. The third-order valence-corrected chi connectivity index (χ3v) is 5.23. The third kappa shape index (κ3) is 3.46. The molecule has 1 heterocycles. The number of benzene rings is 1. The van der Waals surface area contributed by atoms with Gasteiger partial charge in [0.15, 0.2) is 0 Å². The van der Waals surface area contributed by atoms with Gasteiger partial charge in [0.2, 0.25) is 0 Å². The van der Waals surface area contributed by atoms with Crippen LogP contribution in [-0.4, -0.2) is 31.0 Å². The van der Waals surface area contributed by atoms with Crippen LogP contribution in [-0.2, 0) is 9.30 Å². The Labute approximate surface area is 106 Å². The lowest BCUT2D eigenvalue weighted by Gasteiger charge is -2.30. The maximum Gasteiger partial charge on any atom is 0.326 e. The molecule has 1 unspecified atom stereocenters. The first-order chi connectivity index (χ1) is 8.08. The second-order valence-electron chi connectivity index (χ2n) is 4.05. The van der Waals surface area contributed by atoms with Crippen molar-refractivity contribution in [2.45, 2.75) is 6.92 Å². The van der Waals surface area contributed by atoms with Gasteiger partial charge in [-0.1, -0.05) is 17.7 Å². The topological polar surface area (TPSA) is 41.6 Å². The Morgan fingerprint density at radius 1 is 1.29 bits per heavy atom. The van der Waals surface area contributed by atoms with Gasteiger partial charge in [-0.2, -0.15) is 0 Å². The molecule has 1 aliphatic heterocycles. The molecule has 0 amide bonds. The highest BCUT2D eigenvalue weighted by Gasteiger charge is 2.29. The Kier molecular flexibility index (Phi) is 4.10. The van der Waals surface area contributed by atoms with E-state index < -0.39 is 6.80 Å². The Balaban J connectivity index is 2.05. The van der Waals surface area contributed by atoms with E-state index in [1.807, 2.05) is 31.2 Å². The van der Waals surface area contributed by atoms with Crippen LogP contribution in [0.15, 0.2) is 24.3 Å². The number of ether oxygens (including phenoxy) is 1. The zero-order chi connectivity index (χ0) is 12.3. The average Bonchev–Trinajstić information content (AvgIpc) is 2.33. The van der Waals surface area contributed by atoms with Crippen molar-refractivity contribution in [2.75, 3.05) is 31.4 Å². The summed E-state index contributed by atoms with van der Waals surface area (Å²) in [4.78, 5) is 0. The van der Waals surface area contributed by atoms with Crippen LogP contribution < -0.4 is 5.09 Å².